The molecule has 28 heavy (non-hydrogen) atoms. The first-order valence-corrected chi connectivity index (χ1v) is 9.10. The Morgan fingerprint density at radius 3 is 2.14 bits per heavy atom. The number of carboxylic acids is 2. The fraction of sp³-hybridized carbons (Fsp3) is 0.182. The zero-order valence-corrected chi connectivity index (χ0v) is 15.5. The van der Waals surface area contributed by atoms with E-state index in [9.17, 15) is 19.8 Å². The minimum atomic E-state index is -1.25. The van der Waals surface area contributed by atoms with Gasteiger partial charge in [-0.3, -0.25) is 0 Å². The highest BCUT2D eigenvalue weighted by Gasteiger charge is 2.31. The summed E-state index contributed by atoms with van der Waals surface area (Å²) in [6.07, 6.45) is 0.685. The fourth-order valence-corrected chi connectivity index (χ4v) is 4.02. The van der Waals surface area contributed by atoms with Crippen LogP contribution in [-0.4, -0.2) is 33.2 Å². The second-order valence-electron chi connectivity index (χ2n) is 6.51. The average Bonchev–Trinajstić information content (AvgIpc) is 3.19. The van der Waals surface area contributed by atoms with Gasteiger partial charge in [-0.05, 0) is 48.7 Å². The molecule has 6 nitrogen and oxygen atoms in total. The number of hydrogen-bond acceptors (Lipinski definition) is 3. The number of hydrogen-bond donors (Lipinski definition) is 2. The van der Waals surface area contributed by atoms with Gasteiger partial charge in [-0.15, -0.1) is 0 Å². The molecule has 4 rings (SSSR count). The molecular formula is C22H19NO5. The van der Waals surface area contributed by atoms with E-state index in [4.69, 9.17) is 4.74 Å². The Balaban J connectivity index is 2.15. The summed E-state index contributed by atoms with van der Waals surface area (Å²) in [5.74, 6) is -1.77. The molecule has 3 heterocycles. The highest BCUT2D eigenvalue weighted by atomic mass is 16.5. The Morgan fingerprint density at radius 2 is 1.57 bits per heavy atom. The largest absolute Gasteiger partial charge is 0.494 e. The Hall–Kier alpha value is -3.54. The van der Waals surface area contributed by atoms with Crippen LogP contribution in [0.4, 0.5) is 0 Å². The minimum absolute atomic E-state index is 0.174. The SMILES string of the molecule is CCOc1ccc(-c2c(CC)c3cccc4c(C(=O)O)c(C(=O)O)c2n34)cc1. The molecule has 142 valence electrons. The molecule has 0 aliphatic heterocycles. The summed E-state index contributed by atoms with van der Waals surface area (Å²) < 4.78 is 7.26. The van der Waals surface area contributed by atoms with E-state index >= 15 is 0 Å². The van der Waals surface area contributed by atoms with E-state index in [1.165, 1.54) is 0 Å². The van der Waals surface area contributed by atoms with Crippen LogP contribution in [-0.2, 0) is 6.42 Å². The molecule has 0 fully saturated rings. The number of carbonyl (C=O) groups is 2. The van der Waals surface area contributed by atoms with Crippen molar-refractivity contribution in [2.75, 3.05) is 6.61 Å². The third-order valence-electron chi connectivity index (χ3n) is 5.04. The topological polar surface area (TPSA) is 88.2 Å². The Bertz CT molecular complexity index is 1200. The lowest BCUT2D eigenvalue weighted by molar-refractivity contribution is 0.0655. The minimum Gasteiger partial charge on any atom is -0.494 e. The number of aromatic nitrogens is 1. The molecule has 2 N–H and O–H groups in total. The molecule has 0 saturated carbocycles. The predicted molar refractivity (Wildman–Crippen MR) is 106 cm³/mol. The number of rotatable bonds is 6. The van der Waals surface area contributed by atoms with Gasteiger partial charge in [0.05, 0.1) is 23.2 Å². The highest BCUT2D eigenvalue weighted by molar-refractivity contribution is 6.17. The lowest BCUT2D eigenvalue weighted by Crippen LogP contribution is -2.06. The van der Waals surface area contributed by atoms with E-state index in [0.717, 1.165) is 28.0 Å². The van der Waals surface area contributed by atoms with Gasteiger partial charge in [-0.25, -0.2) is 9.59 Å². The number of nitrogens with zero attached hydrogens (tertiary/aromatic N) is 1. The van der Waals surface area contributed by atoms with Gasteiger partial charge in [0.25, 0.3) is 0 Å². The second kappa shape index (κ2) is 6.56. The number of aryl methyl sites for hydroxylation is 1. The number of pyridine rings is 1. The van der Waals surface area contributed by atoms with Crippen molar-refractivity contribution in [3.63, 3.8) is 0 Å². The molecule has 0 unspecified atom stereocenters. The molecule has 0 radical (unpaired) electrons. The monoisotopic (exact) mass is 377 g/mol. The average molecular weight is 377 g/mol. The van der Waals surface area contributed by atoms with E-state index in [1.807, 2.05) is 44.2 Å². The summed E-state index contributed by atoms with van der Waals surface area (Å²) in [6.45, 7) is 4.47. The van der Waals surface area contributed by atoms with Gasteiger partial charge >= 0.3 is 11.9 Å². The van der Waals surface area contributed by atoms with Crippen LogP contribution in [0.3, 0.4) is 0 Å². The van der Waals surface area contributed by atoms with Crippen LogP contribution in [0.2, 0.25) is 0 Å². The Morgan fingerprint density at radius 1 is 0.929 bits per heavy atom. The van der Waals surface area contributed by atoms with Gasteiger partial charge in [-0.1, -0.05) is 25.1 Å². The van der Waals surface area contributed by atoms with E-state index < -0.39 is 11.9 Å². The van der Waals surface area contributed by atoms with Crippen molar-refractivity contribution in [1.29, 1.82) is 0 Å². The maximum atomic E-state index is 12.1. The van der Waals surface area contributed by atoms with Gasteiger partial charge in [0.2, 0.25) is 0 Å². The van der Waals surface area contributed by atoms with Crippen LogP contribution in [0.25, 0.3) is 27.7 Å². The summed E-state index contributed by atoms with van der Waals surface area (Å²) in [6, 6.07) is 12.8. The fourth-order valence-electron chi connectivity index (χ4n) is 4.02. The first kappa shape index (κ1) is 17.9. The zero-order chi connectivity index (χ0) is 20.0. The molecule has 6 heteroatoms. The van der Waals surface area contributed by atoms with Crippen LogP contribution < -0.4 is 4.74 Å². The zero-order valence-electron chi connectivity index (χ0n) is 15.5. The maximum Gasteiger partial charge on any atom is 0.338 e. The standard InChI is InChI=1S/C22H19NO5/c1-3-14-15-6-5-7-16-18(21(24)25)19(22(26)27)20(23(15)16)17(14)12-8-10-13(11-9-12)28-4-2/h5-11H,3-4H2,1-2H3,(H,24,25)(H,26,27). The third kappa shape index (κ3) is 2.41. The molecular weight excluding hydrogens is 358 g/mol. The summed E-state index contributed by atoms with van der Waals surface area (Å²) in [7, 11) is 0. The lowest BCUT2D eigenvalue weighted by Gasteiger charge is -2.07. The summed E-state index contributed by atoms with van der Waals surface area (Å²) in [4.78, 5) is 24.0. The van der Waals surface area contributed by atoms with Crippen molar-refractivity contribution >= 4 is 28.5 Å². The molecule has 0 aliphatic rings. The van der Waals surface area contributed by atoms with E-state index in [-0.39, 0.29) is 11.1 Å². The van der Waals surface area contributed by atoms with Crippen molar-refractivity contribution < 1.29 is 24.5 Å². The van der Waals surface area contributed by atoms with Crippen molar-refractivity contribution in [3.8, 4) is 16.9 Å². The number of aromatic carboxylic acids is 2. The van der Waals surface area contributed by atoms with Crippen LogP contribution >= 0.6 is 0 Å². The molecule has 0 amide bonds. The summed E-state index contributed by atoms with van der Waals surface area (Å²) >= 11 is 0. The highest BCUT2D eigenvalue weighted by Crippen LogP contribution is 2.41. The number of ether oxygens (including phenoxy) is 1. The van der Waals surface area contributed by atoms with Gasteiger partial charge in [-0.2, -0.15) is 0 Å². The van der Waals surface area contributed by atoms with E-state index in [0.29, 0.717) is 24.1 Å². The van der Waals surface area contributed by atoms with Crippen molar-refractivity contribution in [1.82, 2.24) is 4.40 Å². The first-order chi connectivity index (χ1) is 13.5. The lowest BCUT2D eigenvalue weighted by atomic mass is 9.97. The normalized spacial score (nSPS) is 11.4. The van der Waals surface area contributed by atoms with E-state index in [2.05, 4.69) is 0 Å². The molecule has 1 aromatic carbocycles. The van der Waals surface area contributed by atoms with Gasteiger partial charge in [0.15, 0.2) is 0 Å². The van der Waals surface area contributed by atoms with Gasteiger partial charge in [0.1, 0.15) is 16.9 Å². The molecule has 0 spiro atoms. The maximum absolute atomic E-state index is 12.1. The number of carboxylic acid groups (broad SMARTS) is 2. The molecule has 3 aromatic heterocycles. The summed E-state index contributed by atoms with van der Waals surface area (Å²) in [5, 5.41) is 19.6. The molecule has 0 saturated heterocycles. The van der Waals surface area contributed by atoms with Crippen LogP contribution in [0.15, 0.2) is 42.5 Å². The van der Waals surface area contributed by atoms with Gasteiger partial charge < -0.3 is 19.4 Å². The van der Waals surface area contributed by atoms with Crippen LogP contribution in [0.5, 0.6) is 5.75 Å². The van der Waals surface area contributed by atoms with E-state index in [1.54, 1.807) is 16.5 Å². The predicted octanol–water partition coefficient (Wildman–Crippen LogP) is 4.55. The third-order valence-corrected chi connectivity index (χ3v) is 5.04. The van der Waals surface area contributed by atoms with Crippen molar-refractivity contribution in [2.45, 2.75) is 20.3 Å². The Kier molecular flexibility index (Phi) is 4.19. The van der Waals surface area contributed by atoms with Crippen molar-refractivity contribution in [2.24, 2.45) is 0 Å². The molecule has 0 bridgehead atoms. The molecule has 0 atom stereocenters. The smallest absolute Gasteiger partial charge is 0.338 e. The van der Waals surface area contributed by atoms with Crippen molar-refractivity contribution in [3.05, 3.63) is 59.2 Å². The second-order valence-corrected chi connectivity index (χ2v) is 6.51. The summed E-state index contributed by atoms with van der Waals surface area (Å²) in [5.41, 5.74) is 3.87. The quantitative estimate of drug-likeness (QED) is 0.514. The first-order valence-electron chi connectivity index (χ1n) is 9.10. The Labute approximate surface area is 160 Å². The molecule has 4 aromatic rings. The van der Waals surface area contributed by atoms with Crippen LogP contribution in [0.1, 0.15) is 40.1 Å². The number of benzene rings is 1. The van der Waals surface area contributed by atoms with Crippen LogP contribution in [0, 0.1) is 0 Å². The molecule has 0 aliphatic carbocycles. The van der Waals surface area contributed by atoms with Gasteiger partial charge in [0, 0.05) is 5.56 Å².